The van der Waals surface area contributed by atoms with Gasteiger partial charge in [-0.3, -0.25) is 4.79 Å². The highest BCUT2D eigenvalue weighted by Crippen LogP contribution is 2.39. The summed E-state index contributed by atoms with van der Waals surface area (Å²) in [6.45, 7) is 1.99. The Morgan fingerprint density at radius 1 is 1.19 bits per heavy atom. The number of benzene rings is 1. The Hall–Kier alpha value is -3.31. The molecule has 0 saturated heterocycles. The number of hydrogen-bond donors (Lipinski definition) is 1. The summed E-state index contributed by atoms with van der Waals surface area (Å²) >= 11 is 1.38. The second kappa shape index (κ2) is 10.1. The zero-order chi connectivity index (χ0) is 22.4. The number of nitrogens with zero attached hydrogens (tertiary/aromatic N) is 1. The van der Waals surface area contributed by atoms with Gasteiger partial charge in [0.25, 0.3) is 5.91 Å². The van der Waals surface area contributed by atoms with Gasteiger partial charge in [0, 0.05) is 4.88 Å². The number of aryl methyl sites for hydroxylation is 1. The van der Waals surface area contributed by atoms with Crippen molar-refractivity contribution >= 4 is 34.3 Å². The van der Waals surface area contributed by atoms with Crippen LogP contribution in [0, 0.1) is 11.3 Å². The number of ether oxygens (including phenoxy) is 3. The van der Waals surface area contributed by atoms with Gasteiger partial charge in [0.05, 0.1) is 26.4 Å². The Labute approximate surface area is 185 Å². The van der Waals surface area contributed by atoms with Gasteiger partial charge in [0.1, 0.15) is 16.6 Å². The minimum absolute atomic E-state index is 0.0894. The molecule has 3 rings (SSSR count). The smallest absolute Gasteiger partial charge is 0.341 e. The van der Waals surface area contributed by atoms with Gasteiger partial charge < -0.3 is 19.5 Å². The first kappa shape index (κ1) is 22.4. The van der Waals surface area contributed by atoms with Gasteiger partial charge in [-0.2, -0.15) is 5.26 Å². The van der Waals surface area contributed by atoms with E-state index < -0.39 is 11.9 Å². The molecule has 1 aliphatic rings. The number of fused-ring (bicyclic) bond motifs is 1. The largest absolute Gasteiger partial charge is 0.493 e. The number of nitriles is 1. The molecule has 1 aromatic heterocycles. The number of thiophene rings is 1. The first-order valence-corrected chi connectivity index (χ1v) is 10.8. The Kier molecular flexibility index (Phi) is 7.32. The first-order valence-electron chi connectivity index (χ1n) is 9.99. The topological polar surface area (TPSA) is 97.7 Å². The van der Waals surface area contributed by atoms with Crippen LogP contribution in [0.3, 0.4) is 0 Å². The zero-order valence-corrected chi connectivity index (χ0v) is 18.6. The van der Waals surface area contributed by atoms with E-state index >= 15 is 0 Å². The summed E-state index contributed by atoms with van der Waals surface area (Å²) in [5.74, 6) is 0.0105. The molecule has 1 N–H and O–H groups in total. The number of hydrogen-bond acceptors (Lipinski definition) is 7. The van der Waals surface area contributed by atoms with Crippen molar-refractivity contribution in [3.8, 4) is 17.6 Å². The molecule has 1 aliphatic carbocycles. The van der Waals surface area contributed by atoms with E-state index in [9.17, 15) is 14.9 Å². The fourth-order valence-electron chi connectivity index (χ4n) is 3.50. The van der Waals surface area contributed by atoms with Crippen LogP contribution in [0.15, 0.2) is 23.8 Å². The molecule has 2 aromatic rings. The average Bonchev–Trinajstić information content (AvgIpc) is 3.15. The van der Waals surface area contributed by atoms with Crippen LogP contribution in [-0.2, 0) is 22.4 Å². The number of esters is 1. The molecular formula is C23H24N2O5S. The fraction of sp³-hybridized carbons (Fsp3) is 0.348. The molecule has 1 amide bonds. The minimum Gasteiger partial charge on any atom is -0.493 e. The molecule has 162 valence electrons. The van der Waals surface area contributed by atoms with E-state index in [2.05, 4.69) is 5.32 Å². The number of nitrogens with one attached hydrogen (secondary N) is 1. The highest BCUT2D eigenvalue weighted by molar-refractivity contribution is 7.17. The van der Waals surface area contributed by atoms with E-state index in [1.807, 2.05) is 6.07 Å². The van der Waals surface area contributed by atoms with Crippen molar-refractivity contribution in [2.75, 3.05) is 26.1 Å². The van der Waals surface area contributed by atoms with Gasteiger partial charge >= 0.3 is 5.97 Å². The molecule has 0 spiro atoms. The summed E-state index contributed by atoms with van der Waals surface area (Å²) < 4.78 is 15.7. The van der Waals surface area contributed by atoms with Crippen molar-refractivity contribution in [1.82, 2.24) is 0 Å². The lowest BCUT2D eigenvalue weighted by Crippen LogP contribution is -2.16. The van der Waals surface area contributed by atoms with Gasteiger partial charge in [-0.05, 0) is 61.9 Å². The number of rotatable bonds is 7. The standard InChI is InChI=1S/C23H24N2O5S/c1-4-30-23(27)20-16-7-5-6-8-19(16)31-22(20)25-21(26)15(13-24)11-14-9-10-17(28-2)18(12-14)29-3/h9-12H,4-8H2,1-3H3,(H,25,26)/b15-11-. The first-order chi connectivity index (χ1) is 15.0. The lowest BCUT2D eigenvalue weighted by Gasteiger charge is -2.12. The minimum atomic E-state index is -0.582. The van der Waals surface area contributed by atoms with Crippen LogP contribution >= 0.6 is 11.3 Å². The van der Waals surface area contributed by atoms with Gasteiger partial charge in [-0.25, -0.2) is 4.79 Å². The third kappa shape index (κ3) is 4.89. The van der Waals surface area contributed by atoms with E-state index in [-0.39, 0.29) is 12.2 Å². The molecule has 0 bridgehead atoms. The van der Waals surface area contributed by atoms with Crippen molar-refractivity contribution in [3.05, 3.63) is 45.3 Å². The Balaban J connectivity index is 1.91. The Bertz CT molecular complexity index is 1060. The number of carbonyl (C=O) groups excluding carboxylic acids is 2. The third-order valence-electron chi connectivity index (χ3n) is 4.96. The number of amides is 1. The van der Waals surface area contributed by atoms with Crippen molar-refractivity contribution < 1.29 is 23.8 Å². The van der Waals surface area contributed by atoms with Crippen LogP contribution in [0.4, 0.5) is 5.00 Å². The highest BCUT2D eigenvalue weighted by Gasteiger charge is 2.27. The van der Waals surface area contributed by atoms with Crippen LogP contribution in [0.1, 0.15) is 46.1 Å². The quantitative estimate of drug-likeness (QED) is 0.390. The second-order valence-corrected chi connectivity index (χ2v) is 7.98. The summed E-state index contributed by atoms with van der Waals surface area (Å²) in [6.07, 6.45) is 5.16. The summed E-state index contributed by atoms with van der Waals surface area (Å²) in [7, 11) is 3.04. The molecule has 8 heteroatoms. The van der Waals surface area contributed by atoms with Gasteiger partial charge in [0.2, 0.25) is 0 Å². The molecule has 0 aliphatic heterocycles. The summed E-state index contributed by atoms with van der Waals surface area (Å²) in [5.41, 5.74) is 1.89. The van der Waals surface area contributed by atoms with Crippen LogP contribution in [0.5, 0.6) is 11.5 Å². The molecule has 31 heavy (non-hydrogen) atoms. The summed E-state index contributed by atoms with van der Waals surface area (Å²) in [6, 6.07) is 7.04. The van der Waals surface area contributed by atoms with Gasteiger partial charge in [-0.15, -0.1) is 11.3 Å². The normalized spacial score (nSPS) is 13.0. The number of anilines is 1. The monoisotopic (exact) mass is 440 g/mol. The molecule has 0 unspecified atom stereocenters. The molecule has 0 fully saturated rings. The molecule has 0 radical (unpaired) electrons. The molecule has 7 nitrogen and oxygen atoms in total. The predicted molar refractivity (Wildman–Crippen MR) is 119 cm³/mol. The average molecular weight is 441 g/mol. The van der Waals surface area contributed by atoms with Crippen LogP contribution in [0.2, 0.25) is 0 Å². The van der Waals surface area contributed by atoms with E-state index in [0.717, 1.165) is 36.1 Å². The maximum Gasteiger partial charge on any atom is 0.341 e. The summed E-state index contributed by atoms with van der Waals surface area (Å²) in [4.78, 5) is 26.5. The maximum atomic E-state index is 12.9. The van der Waals surface area contributed by atoms with Crippen LogP contribution < -0.4 is 14.8 Å². The van der Waals surface area contributed by atoms with E-state index in [1.54, 1.807) is 25.1 Å². The molecule has 0 atom stereocenters. The van der Waals surface area contributed by atoms with Gasteiger partial charge in [0.15, 0.2) is 11.5 Å². The SMILES string of the molecule is CCOC(=O)c1c(NC(=O)/C(C#N)=C\c2ccc(OC)c(OC)c2)sc2c1CCCC2. The van der Waals surface area contributed by atoms with Crippen molar-refractivity contribution in [2.45, 2.75) is 32.6 Å². The molecule has 0 saturated carbocycles. The predicted octanol–water partition coefficient (Wildman–Crippen LogP) is 4.37. The lowest BCUT2D eigenvalue weighted by molar-refractivity contribution is -0.112. The van der Waals surface area contributed by atoms with Crippen molar-refractivity contribution in [1.29, 1.82) is 5.26 Å². The fourth-order valence-corrected chi connectivity index (χ4v) is 4.77. The number of methoxy groups -OCH3 is 2. The Morgan fingerprint density at radius 2 is 1.94 bits per heavy atom. The van der Waals surface area contributed by atoms with Crippen molar-refractivity contribution in [3.63, 3.8) is 0 Å². The second-order valence-electron chi connectivity index (χ2n) is 6.87. The van der Waals surface area contributed by atoms with Crippen LogP contribution in [0.25, 0.3) is 6.08 Å². The zero-order valence-electron chi connectivity index (χ0n) is 17.7. The lowest BCUT2D eigenvalue weighted by atomic mass is 9.95. The van der Waals surface area contributed by atoms with E-state index in [0.29, 0.717) is 27.6 Å². The van der Waals surface area contributed by atoms with E-state index in [4.69, 9.17) is 14.2 Å². The molecule has 1 heterocycles. The molecular weight excluding hydrogens is 416 g/mol. The Morgan fingerprint density at radius 3 is 2.61 bits per heavy atom. The molecule has 1 aromatic carbocycles. The van der Waals surface area contributed by atoms with Crippen LogP contribution in [-0.4, -0.2) is 32.7 Å². The maximum absolute atomic E-state index is 12.9. The van der Waals surface area contributed by atoms with Crippen molar-refractivity contribution in [2.24, 2.45) is 0 Å². The third-order valence-corrected chi connectivity index (χ3v) is 6.17. The van der Waals surface area contributed by atoms with Gasteiger partial charge in [-0.1, -0.05) is 6.07 Å². The highest BCUT2D eigenvalue weighted by atomic mass is 32.1. The number of carbonyl (C=O) groups is 2. The summed E-state index contributed by atoms with van der Waals surface area (Å²) in [5, 5.41) is 12.8. The van der Waals surface area contributed by atoms with E-state index in [1.165, 1.54) is 31.6 Å².